The number of carbonyl (C=O) groups excluding carboxylic acids is 1. The summed E-state index contributed by atoms with van der Waals surface area (Å²) in [4.78, 5) is 25.8. The van der Waals surface area contributed by atoms with Crippen molar-refractivity contribution in [3.63, 3.8) is 0 Å². The molecule has 1 aromatic rings. The van der Waals surface area contributed by atoms with Gasteiger partial charge in [-0.3, -0.25) is 14.8 Å². The molecule has 1 saturated carbocycles. The van der Waals surface area contributed by atoms with Gasteiger partial charge in [0.2, 0.25) is 5.91 Å². The summed E-state index contributed by atoms with van der Waals surface area (Å²) in [5, 5.41) is 1.76. The molecule has 0 bridgehead atoms. The normalized spacial score (nSPS) is 30.3. The third-order valence-corrected chi connectivity index (χ3v) is 6.02. The van der Waals surface area contributed by atoms with Crippen molar-refractivity contribution in [2.24, 2.45) is 10.9 Å². The molecule has 2 fully saturated rings. The first-order valence-corrected chi connectivity index (χ1v) is 9.25. The summed E-state index contributed by atoms with van der Waals surface area (Å²) in [6.07, 6.45) is 4.66. The zero-order chi connectivity index (χ0) is 15.8. The average Bonchev–Trinajstić information content (AvgIpc) is 3.29. The van der Waals surface area contributed by atoms with Crippen LogP contribution in [-0.2, 0) is 4.79 Å². The monoisotopic (exact) mass is 330 g/mol. The van der Waals surface area contributed by atoms with Crippen molar-refractivity contribution in [1.82, 2.24) is 14.8 Å². The lowest BCUT2D eigenvalue weighted by atomic mass is 10.1. The highest BCUT2D eigenvalue weighted by molar-refractivity contribution is 8.14. The van der Waals surface area contributed by atoms with Crippen LogP contribution < -0.4 is 0 Å². The van der Waals surface area contributed by atoms with Crippen molar-refractivity contribution >= 4 is 22.8 Å². The molecule has 0 N–H and O–H groups in total. The molecule has 3 aliphatic rings. The summed E-state index contributed by atoms with van der Waals surface area (Å²) >= 11 is 1.86. The molecule has 1 saturated heterocycles. The first-order valence-electron chi connectivity index (χ1n) is 8.37. The first-order chi connectivity index (χ1) is 11.2. The molecule has 0 radical (unpaired) electrons. The number of aromatic nitrogens is 1. The van der Waals surface area contributed by atoms with E-state index in [9.17, 15) is 4.79 Å². The molecule has 3 atom stereocenters. The van der Waals surface area contributed by atoms with Crippen molar-refractivity contribution in [2.45, 2.75) is 24.5 Å². The van der Waals surface area contributed by atoms with Crippen LogP contribution in [0.15, 0.2) is 29.5 Å². The van der Waals surface area contributed by atoms with Crippen LogP contribution in [0.2, 0.25) is 0 Å². The third-order valence-electron chi connectivity index (χ3n) is 4.87. The molecule has 122 valence electrons. The zero-order valence-electron chi connectivity index (χ0n) is 13.4. The maximum atomic E-state index is 12.7. The van der Waals surface area contributed by atoms with Gasteiger partial charge in [0.15, 0.2) is 5.17 Å². The minimum atomic E-state index is 0.170. The molecule has 1 aromatic heterocycles. The molecular weight excluding hydrogens is 308 g/mol. The number of amidine groups is 1. The van der Waals surface area contributed by atoms with Gasteiger partial charge in [-0.2, -0.15) is 0 Å². The molecule has 4 rings (SSSR count). The Kier molecular flexibility index (Phi) is 4.01. The molecular formula is C17H22N4OS. The first kappa shape index (κ1) is 15.0. The number of amides is 1. The predicted octanol–water partition coefficient (Wildman–Crippen LogP) is 1.82. The summed E-state index contributed by atoms with van der Waals surface area (Å²) < 4.78 is 0. The summed E-state index contributed by atoms with van der Waals surface area (Å²) in [5.74, 6) is 0.877. The largest absolute Gasteiger partial charge is 0.348 e. The second-order valence-electron chi connectivity index (χ2n) is 6.60. The quantitative estimate of drug-likeness (QED) is 0.830. The maximum Gasteiger partial charge on any atom is 0.226 e. The van der Waals surface area contributed by atoms with E-state index in [1.165, 1.54) is 10.7 Å². The van der Waals surface area contributed by atoms with Gasteiger partial charge in [0, 0.05) is 49.7 Å². The number of piperazine rings is 1. The standard InChI is InChI=1S/C17H22N4OS/c1-12-10-19-17(23-12)21-7-5-20(6-8-21)16(22)15-9-14(15)13-3-2-4-18-11-13/h2-4,11-12,14-15H,5-10H2,1H3/t12-,14-,15+/m1/s1. The fourth-order valence-corrected chi connectivity index (χ4v) is 4.41. The lowest BCUT2D eigenvalue weighted by Crippen LogP contribution is -2.50. The van der Waals surface area contributed by atoms with Crippen molar-refractivity contribution in [3.8, 4) is 0 Å². The molecule has 1 aliphatic carbocycles. The minimum Gasteiger partial charge on any atom is -0.348 e. The number of thioether (sulfide) groups is 1. The summed E-state index contributed by atoms with van der Waals surface area (Å²) in [5.41, 5.74) is 1.20. The highest BCUT2D eigenvalue weighted by Gasteiger charge is 2.46. The van der Waals surface area contributed by atoms with Gasteiger partial charge in [-0.1, -0.05) is 24.8 Å². The van der Waals surface area contributed by atoms with Crippen LogP contribution in [0.3, 0.4) is 0 Å². The smallest absolute Gasteiger partial charge is 0.226 e. The number of aliphatic imine (C=N–C) groups is 1. The topological polar surface area (TPSA) is 48.8 Å². The Labute approximate surface area is 141 Å². The van der Waals surface area contributed by atoms with E-state index in [2.05, 4.69) is 27.9 Å². The van der Waals surface area contributed by atoms with Crippen LogP contribution in [-0.4, -0.2) is 63.8 Å². The van der Waals surface area contributed by atoms with E-state index >= 15 is 0 Å². The van der Waals surface area contributed by atoms with E-state index in [1.807, 2.05) is 28.9 Å². The van der Waals surface area contributed by atoms with Crippen LogP contribution in [0.1, 0.15) is 24.8 Å². The minimum absolute atomic E-state index is 0.170. The summed E-state index contributed by atoms with van der Waals surface area (Å²) in [6.45, 7) is 6.61. The lowest BCUT2D eigenvalue weighted by molar-refractivity contribution is -0.133. The fraction of sp³-hybridized carbons (Fsp3) is 0.588. The second kappa shape index (κ2) is 6.15. The molecule has 1 amide bonds. The van der Waals surface area contributed by atoms with Gasteiger partial charge in [-0.05, 0) is 24.0 Å². The number of nitrogens with zero attached hydrogens (tertiary/aromatic N) is 4. The average molecular weight is 330 g/mol. The SMILES string of the molecule is C[C@@H]1CN=C(N2CCN(C(=O)[C@H]3C[C@@H]3c3cccnc3)CC2)S1. The second-order valence-corrected chi connectivity index (χ2v) is 8.00. The molecule has 0 aromatic carbocycles. The maximum absolute atomic E-state index is 12.7. The van der Waals surface area contributed by atoms with E-state index in [4.69, 9.17) is 0 Å². The highest BCUT2D eigenvalue weighted by atomic mass is 32.2. The lowest BCUT2D eigenvalue weighted by Gasteiger charge is -2.35. The molecule has 6 heteroatoms. The molecule has 2 aliphatic heterocycles. The van der Waals surface area contributed by atoms with Crippen molar-refractivity contribution in [2.75, 3.05) is 32.7 Å². The molecule has 0 spiro atoms. The van der Waals surface area contributed by atoms with E-state index < -0.39 is 0 Å². The molecule has 0 unspecified atom stereocenters. The number of rotatable bonds is 2. The van der Waals surface area contributed by atoms with E-state index in [-0.39, 0.29) is 5.92 Å². The van der Waals surface area contributed by atoms with E-state index in [1.54, 1.807) is 6.20 Å². The predicted molar refractivity (Wildman–Crippen MR) is 92.6 cm³/mol. The molecule has 3 heterocycles. The van der Waals surface area contributed by atoms with Crippen LogP contribution in [0.25, 0.3) is 0 Å². The number of hydrogen-bond donors (Lipinski definition) is 0. The summed E-state index contributed by atoms with van der Waals surface area (Å²) in [7, 11) is 0. The van der Waals surface area contributed by atoms with Gasteiger partial charge in [0.25, 0.3) is 0 Å². The fourth-order valence-electron chi connectivity index (χ4n) is 3.42. The Morgan fingerprint density at radius 2 is 2.13 bits per heavy atom. The van der Waals surface area contributed by atoms with Gasteiger partial charge in [0.05, 0.1) is 6.54 Å². The Bertz CT molecular complexity index is 612. The van der Waals surface area contributed by atoms with Gasteiger partial charge in [0.1, 0.15) is 0 Å². The molecule has 5 nitrogen and oxygen atoms in total. The summed E-state index contributed by atoms with van der Waals surface area (Å²) in [6, 6.07) is 4.04. The number of pyridine rings is 1. The van der Waals surface area contributed by atoms with Crippen molar-refractivity contribution in [3.05, 3.63) is 30.1 Å². The van der Waals surface area contributed by atoms with Crippen molar-refractivity contribution < 1.29 is 4.79 Å². The van der Waals surface area contributed by atoms with Gasteiger partial charge in [-0.25, -0.2) is 0 Å². The van der Waals surface area contributed by atoms with Crippen LogP contribution in [0, 0.1) is 5.92 Å². The van der Waals surface area contributed by atoms with E-state index in [0.29, 0.717) is 17.1 Å². The third kappa shape index (κ3) is 3.09. The van der Waals surface area contributed by atoms with Gasteiger partial charge >= 0.3 is 0 Å². The Morgan fingerprint density at radius 1 is 1.30 bits per heavy atom. The van der Waals surface area contributed by atoms with Crippen molar-refractivity contribution in [1.29, 1.82) is 0 Å². The van der Waals surface area contributed by atoms with Crippen LogP contribution in [0.4, 0.5) is 0 Å². The highest BCUT2D eigenvalue weighted by Crippen LogP contribution is 2.48. The van der Waals surface area contributed by atoms with Crippen LogP contribution >= 0.6 is 11.8 Å². The number of hydrogen-bond acceptors (Lipinski definition) is 5. The Hall–Kier alpha value is -1.56. The molecule has 23 heavy (non-hydrogen) atoms. The number of carbonyl (C=O) groups is 1. The Morgan fingerprint density at radius 3 is 2.78 bits per heavy atom. The van der Waals surface area contributed by atoms with Gasteiger partial charge < -0.3 is 9.80 Å². The Balaban J connectivity index is 1.30. The zero-order valence-corrected chi connectivity index (χ0v) is 14.2. The van der Waals surface area contributed by atoms with Gasteiger partial charge in [-0.15, -0.1) is 0 Å². The van der Waals surface area contributed by atoms with Crippen LogP contribution in [0.5, 0.6) is 0 Å². The van der Waals surface area contributed by atoms with E-state index in [0.717, 1.165) is 39.1 Å².